The number of halogens is 1. The summed E-state index contributed by atoms with van der Waals surface area (Å²) in [5.74, 6) is -0.0161. The molecule has 6 heteroatoms. The number of hydrogen-bond donors (Lipinski definition) is 1. The number of anilines is 1. The van der Waals surface area contributed by atoms with E-state index in [0.717, 1.165) is 49.2 Å². The average molecular weight is 330 g/mol. The van der Waals surface area contributed by atoms with Crippen LogP contribution in [0, 0.1) is 5.82 Å². The zero-order valence-electron chi connectivity index (χ0n) is 13.9. The lowest BCUT2D eigenvalue weighted by Gasteiger charge is -2.36. The highest BCUT2D eigenvalue weighted by Crippen LogP contribution is 2.35. The molecule has 1 saturated heterocycles. The van der Waals surface area contributed by atoms with Crippen molar-refractivity contribution in [2.75, 3.05) is 32.5 Å². The van der Waals surface area contributed by atoms with Gasteiger partial charge in [0.25, 0.3) is 0 Å². The normalized spacial score (nSPS) is 18.7. The van der Waals surface area contributed by atoms with Gasteiger partial charge >= 0.3 is 0 Å². The smallest absolute Gasteiger partial charge is 0.220 e. The predicted octanol–water partition coefficient (Wildman–Crippen LogP) is 3.04. The molecule has 1 aliphatic heterocycles. The molecule has 5 nitrogen and oxygen atoms in total. The Hall–Kier alpha value is -2.05. The third-order valence-electron chi connectivity index (χ3n) is 4.48. The van der Waals surface area contributed by atoms with Crippen LogP contribution in [0.1, 0.15) is 31.0 Å². The fourth-order valence-electron chi connectivity index (χ4n) is 3.32. The second kappa shape index (κ2) is 7.68. The van der Waals surface area contributed by atoms with Gasteiger partial charge in [0, 0.05) is 25.4 Å². The molecule has 1 aromatic heterocycles. The molecule has 0 spiro atoms. The number of benzene rings is 1. The van der Waals surface area contributed by atoms with Gasteiger partial charge in [-0.3, -0.25) is 4.90 Å². The van der Waals surface area contributed by atoms with E-state index in [0.29, 0.717) is 6.61 Å². The number of nitrogens with two attached hydrogens (primary N) is 1. The van der Waals surface area contributed by atoms with Crippen LogP contribution in [0.2, 0.25) is 0 Å². The van der Waals surface area contributed by atoms with Crippen LogP contribution in [0.25, 0.3) is 11.1 Å². The van der Waals surface area contributed by atoms with Crippen molar-refractivity contribution >= 4 is 5.95 Å². The molecule has 0 amide bonds. The quantitative estimate of drug-likeness (QED) is 0.913. The second-order valence-electron chi connectivity index (χ2n) is 6.08. The maximum absolute atomic E-state index is 13.7. The van der Waals surface area contributed by atoms with E-state index >= 15 is 0 Å². The molecule has 1 atom stereocenters. The van der Waals surface area contributed by atoms with Crippen molar-refractivity contribution in [1.82, 2.24) is 14.9 Å². The summed E-state index contributed by atoms with van der Waals surface area (Å²) in [7, 11) is 1.71. The van der Waals surface area contributed by atoms with Crippen LogP contribution >= 0.6 is 0 Å². The molecular formula is C18H23FN4O. The van der Waals surface area contributed by atoms with Gasteiger partial charge in [-0.15, -0.1) is 0 Å². The lowest BCUT2D eigenvalue weighted by molar-refractivity contribution is 0.0945. The van der Waals surface area contributed by atoms with E-state index in [4.69, 9.17) is 10.5 Å². The summed E-state index contributed by atoms with van der Waals surface area (Å²) in [5.41, 5.74) is 8.35. The number of piperidine rings is 1. The number of nitrogens with zero attached hydrogens (tertiary/aromatic N) is 3. The first-order chi connectivity index (χ1) is 11.7. The van der Waals surface area contributed by atoms with Gasteiger partial charge in [0.05, 0.1) is 18.3 Å². The molecule has 2 N–H and O–H groups in total. The summed E-state index contributed by atoms with van der Waals surface area (Å²) in [6.07, 6.45) is 5.01. The summed E-state index contributed by atoms with van der Waals surface area (Å²) in [6, 6.07) is 6.68. The average Bonchev–Trinajstić information content (AvgIpc) is 2.60. The van der Waals surface area contributed by atoms with Crippen molar-refractivity contribution in [3.8, 4) is 11.1 Å². The minimum atomic E-state index is -0.268. The zero-order chi connectivity index (χ0) is 16.9. The van der Waals surface area contributed by atoms with Crippen molar-refractivity contribution in [1.29, 1.82) is 0 Å². The van der Waals surface area contributed by atoms with Gasteiger partial charge < -0.3 is 10.5 Å². The Morgan fingerprint density at radius 2 is 2.25 bits per heavy atom. The molecule has 2 heterocycles. The standard InChI is InChI=1S/C18H23FN4O/c1-24-10-9-23-8-3-2-7-16(23)17-15(12-21-18(20)22-17)13-5-4-6-14(19)11-13/h4-6,11-12,16H,2-3,7-10H2,1H3,(H2,20,21,22)/t16-/m0/s1. The zero-order valence-corrected chi connectivity index (χ0v) is 13.9. The van der Waals surface area contributed by atoms with E-state index in [1.165, 1.54) is 12.1 Å². The monoisotopic (exact) mass is 330 g/mol. The van der Waals surface area contributed by atoms with E-state index in [2.05, 4.69) is 14.9 Å². The summed E-state index contributed by atoms with van der Waals surface area (Å²) in [5, 5.41) is 0. The van der Waals surface area contributed by atoms with Gasteiger partial charge in [-0.1, -0.05) is 18.6 Å². The van der Waals surface area contributed by atoms with Gasteiger partial charge in [-0.25, -0.2) is 14.4 Å². The van der Waals surface area contributed by atoms with Crippen molar-refractivity contribution < 1.29 is 9.13 Å². The molecule has 1 aromatic carbocycles. The highest BCUT2D eigenvalue weighted by atomic mass is 19.1. The molecule has 0 saturated carbocycles. The van der Waals surface area contributed by atoms with Crippen LogP contribution in [0.15, 0.2) is 30.5 Å². The Morgan fingerprint density at radius 1 is 1.38 bits per heavy atom. The number of aromatic nitrogens is 2. The molecule has 24 heavy (non-hydrogen) atoms. The number of likely N-dealkylation sites (tertiary alicyclic amines) is 1. The van der Waals surface area contributed by atoms with E-state index in [1.807, 2.05) is 6.07 Å². The van der Waals surface area contributed by atoms with E-state index in [-0.39, 0.29) is 17.8 Å². The summed E-state index contributed by atoms with van der Waals surface area (Å²) < 4.78 is 18.9. The number of rotatable bonds is 5. The van der Waals surface area contributed by atoms with E-state index < -0.39 is 0 Å². The Labute approximate surface area is 141 Å². The number of hydrogen-bond acceptors (Lipinski definition) is 5. The van der Waals surface area contributed by atoms with Gasteiger partial charge in [0.2, 0.25) is 5.95 Å². The maximum atomic E-state index is 13.7. The molecule has 0 aliphatic carbocycles. The van der Waals surface area contributed by atoms with Crippen LogP contribution in [0.4, 0.5) is 10.3 Å². The van der Waals surface area contributed by atoms with Crippen molar-refractivity contribution in [2.24, 2.45) is 0 Å². The predicted molar refractivity (Wildman–Crippen MR) is 91.9 cm³/mol. The summed E-state index contributed by atoms with van der Waals surface area (Å²) in [4.78, 5) is 11.0. The SMILES string of the molecule is COCCN1CCCC[C@H]1c1nc(N)ncc1-c1cccc(F)c1. The van der Waals surface area contributed by atoms with E-state index in [9.17, 15) is 4.39 Å². The van der Waals surface area contributed by atoms with Crippen molar-refractivity contribution in [2.45, 2.75) is 25.3 Å². The molecule has 0 bridgehead atoms. The van der Waals surface area contributed by atoms with Gasteiger partial charge in [-0.2, -0.15) is 0 Å². The van der Waals surface area contributed by atoms with Crippen molar-refractivity contribution in [3.05, 3.63) is 42.0 Å². The molecule has 128 valence electrons. The molecule has 3 rings (SSSR count). The van der Waals surface area contributed by atoms with Crippen molar-refractivity contribution in [3.63, 3.8) is 0 Å². The van der Waals surface area contributed by atoms with Crippen LogP contribution in [-0.2, 0) is 4.74 Å². The molecule has 1 aliphatic rings. The highest BCUT2D eigenvalue weighted by molar-refractivity contribution is 5.66. The van der Waals surface area contributed by atoms with Crippen LogP contribution in [0.5, 0.6) is 0 Å². The van der Waals surface area contributed by atoms with Gasteiger partial charge in [-0.05, 0) is 37.1 Å². The second-order valence-corrected chi connectivity index (χ2v) is 6.08. The number of ether oxygens (including phenoxy) is 1. The first-order valence-corrected chi connectivity index (χ1v) is 8.30. The molecule has 0 radical (unpaired) electrons. The molecule has 1 fully saturated rings. The lowest BCUT2D eigenvalue weighted by Crippen LogP contribution is -2.36. The van der Waals surface area contributed by atoms with Gasteiger partial charge in [0.1, 0.15) is 5.82 Å². The van der Waals surface area contributed by atoms with E-state index in [1.54, 1.807) is 19.4 Å². The minimum Gasteiger partial charge on any atom is -0.383 e. The Bertz CT molecular complexity index is 694. The van der Waals surface area contributed by atoms with Crippen LogP contribution in [-0.4, -0.2) is 41.7 Å². The topological polar surface area (TPSA) is 64.3 Å². The first-order valence-electron chi connectivity index (χ1n) is 8.30. The first kappa shape index (κ1) is 16.8. The third-order valence-corrected chi connectivity index (χ3v) is 4.48. The lowest BCUT2D eigenvalue weighted by atomic mass is 9.94. The number of methoxy groups -OCH3 is 1. The summed E-state index contributed by atoms with van der Waals surface area (Å²) in [6.45, 7) is 2.51. The highest BCUT2D eigenvalue weighted by Gasteiger charge is 2.27. The Kier molecular flexibility index (Phi) is 5.37. The van der Waals surface area contributed by atoms with Crippen LogP contribution < -0.4 is 5.73 Å². The summed E-state index contributed by atoms with van der Waals surface area (Å²) >= 11 is 0. The fourth-order valence-corrected chi connectivity index (χ4v) is 3.32. The largest absolute Gasteiger partial charge is 0.383 e. The fraction of sp³-hybridized carbons (Fsp3) is 0.444. The maximum Gasteiger partial charge on any atom is 0.220 e. The molecule has 0 unspecified atom stereocenters. The van der Waals surface area contributed by atoms with Crippen LogP contribution in [0.3, 0.4) is 0 Å². The van der Waals surface area contributed by atoms with Gasteiger partial charge in [0.15, 0.2) is 0 Å². The Morgan fingerprint density at radius 3 is 3.04 bits per heavy atom. The Balaban J connectivity index is 2.00. The third kappa shape index (κ3) is 3.71. The molecular weight excluding hydrogens is 307 g/mol. The minimum absolute atomic E-state index is 0.150. The molecule has 2 aromatic rings. The number of nitrogen functional groups attached to an aromatic ring is 1.